The topological polar surface area (TPSA) is 124 Å². The molecule has 0 unspecified atom stereocenters. The van der Waals surface area contributed by atoms with Crippen LogP contribution in [0.25, 0.3) is 0 Å². The normalized spacial score (nSPS) is 9.88. The lowest BCUT2D eigenvalue weighted by atomic mass is 10.2. The van der Waals surface area contributed by atoms with Crippen LogP contribution in [0.4, 0.5) is 5.69 Å². The van der Waals surface area contributed by atoms with E-state index >= 15 is 0 Å². The lowest BCUT2D eigenvalue weighted by Crippen LogP contribution is -2.32. The van der Waals surface area contributed by atoms with Crippen molar-refractivity contribution in [1.29, 1.82) is 0 Å². The zero-order valence-corrected chi connectivity index (χ0v) is 13.8. The Morgan fingerprint density at radius 2 is 1.85 bits per heavy atom. The molecule has 0 bridgehead atoms. The number of hydrogen-bond acceptors (Lipinski definition) is 7. The number of methoxy groups -OCH3 is 1. The van der Waals surface area contributed by atoms with E-state index in [4.69, 9.17) is 9.15 Å². The minimum atomic E-state index is -0.804. The third-order valence-corrected chi connectivity index (χ3v) is 3.11. The molecule has 2 rings (SSSR count). The van der Waals surface area contributed by atoms with Crippen molar-refractivity contribution in [1.82, 2.24) is 5.32 Å². The van der Waals surface area contributed by atoms with E-state index in [-0.39, 0.29) is 17.0 Å². The van der Waals surface area contributed by atoms with Crippen molar-refractivity contribution < 1.29 is 33.1 Å². The van der Waals surface area contributed by atoms with E-state index in [1.165, 1.54) is 37.6 Å². The third kappa shape index (κ3) is 5.20. The van der Waals surface area contributed by atoms with E-state index in [2.05, 4.69) is 15.4 Å². The fourth-order valence-electron chi connectivity index (χ4n) is 1.91. The smallest absolute Gasteiger partial charge is 0.339 e. The van der Waals surface area contributed by atoms with Crippen LogP contribution < -0.4 is 10.6 Å². The standard InChI is InChI=1S/C17H16N2O7/c1-24-17(23)11-5-2-3-6-12(11)19-14(20)10-26-15(21)9-18-16(22)13-7-4-8-25-13/h2-8H,9-10H2,1H3,(H,18,22)(H,19,20). The molecule has 1 aromatic carbocycles. The van der Waals surface area contributed by atoms with Gasteiger partial charge >= 0.3 is 11.9 Å². The molecule has 1 aromatic heterocycles. The zero-order chi connectivity index (χ0) is 18.9. The number of ether oxygens (including phenoxy) is 2. The first-order valence-corrected chi connectivity index (χ1v) is 7.45. The van der Waals surface area contributed by atoms with Gasteiger partial charge in [-0.15, -0.1) is 0 Å². The van der Waals surface area contributed by atoms with Crippen LogP contribution in [0.5, 0.6) is 0 Å². The molecule has 0 radical (unpaired) electrons. The van der Waals surface area contributed by atoms with Crippen LogP contribution in [0.1, 0.15) is 20.9 Å². The highest BCUT2D eigenvalue weighted by Crippen LogP contribution is 2.15. The van der Waals surface area contributed by atoms with E-state index in [0.717, 1.165) is 0 Å². The average Bonchev–Trinajstić information content (AvgIpc) is 3.19. The number of esters is 2. The molecule has 0 spiro atoms. The van der Waals surface area contributed by atoms with Crippen LogP contribution >= 0.6 is 0 Å². The van der Waals surface area contributed by atoms with Crippen LogP contribution in [0.3, 0.4) is 0 Å². The second kappa shape index (κ2) is 9.02. The summed E-state index contributed by atoms with van der Waals surface area (Å²) in [5.74, 6) is -2.59. The third-order valence-electron chi connectivity index (χ3n) is 3.11. The maximum absolute atomic E-state index is 11.9. The summed E-state index contributed by atoms with van der Waals surface area (Å²) >= 11 is 0. The van der Waals surface area contributed by atoms with E-state index in [0.29, 0.717) is 0 Å². The van der Waals surface area contributed by atoms with Crippen LogP contribution in [0, 0.1) is 0 Å². The monoisotopic (exact) mass is 360 g/mol. The van der Waals surface area contributed by atoms with E-state index < -0.39 is 36.9 Å². The number of carbonyl (C=O) groups is 4. The van der Waals surface area contributed by atoms with Gasteiger partial charge < -0.3 is 24.5 Å². The second-order valence-electron chi connectivity index (χ2n) is 4.91. The molecule has 0 aliphatic heterocycles. The molecule has 2 N–H and O–H groups in total. The summed E-state index contributed by atoms with van der Waals surface area (Å²) in [4.78, 5) is 46.6. The number of hydrogen-bond donors (Lipinski definition) is 2. The van der Waals surface area contributed by atoms with Crippen molar-refractivity contribution in [3.63, 3.8) is 0 Å². The summed E-state index contributed by atoms with van der Waals surface area (Å²) < 4.78 is 14.2. The molecule has 0 saturated heterocycles. The summed E-state index contributed by atoms with van der Waals surface area (Å²) in [7, 11) is 1.22. The minimum absolute atomic E-state index is 0.0509. The molecular weight excluding hydrogens is 344 g/mol. The van der Waals surface area contributed by atoms with Crippen LogP contribution in [0.15, 0.2) is 47.1 Å². The molecule has 9 nitrogen and oxygen atoms in total. The molecule has 136 valence electrons. The molecule has 0 saturated carbocycles. The minimum Gasteiger partial charge on any atom is -0.465 e. The molecule has 0 aliphatic rings. The lowest BCUT2D eigenvalue weighted by molar-refractivity contribution is -0.146. The first-order chi connectivity index (χ1) is 12.5. The summed E-state index contributed by atoms with van der Waals surface area (Å²) in [6.45, 7) is -1.00. The Bertz CT molecular complexity index is 799. The van der Waals surface area contributed by atoms with E-state index in [1.54, 1.807) is 12.1 Å². The van der Waals surface area contributed by atoms with Crippen molar-refractivity contribution in [2.45, 2.75) is 0 Å². The predicted octanol–water partition coefficient (Wildman–Crippen LogP) is 0.978. The molecule has 2 aromatic rings. The highest BCUT2D eigenvalue weighted by Gasteiger charge is 2.15. The second-order valence-corrected chi connectivity index (χ2v) is 4.91. The van der Waals surface area contributed by atoms with Gasteiger partial charge in [0.1, 0.15) is 6.54 Å². The number of nitrogens with one attached hydrogen (secondary N) is 2. The van der Waals surface area contributed by atoms with E-state index in [1.807, 2.05) is 0 Å². The fourth-order valence-corrected chi connectivity index (χ4v) is 1.91. The molecule has 2 amide bonds. The van der Waals surface area contributed by atoms with Crippen molar-refractivity contribution >= 4 is 29.4 Å². The quantitative estimate of drug-likeness (QED) is 0.705. The Kier molecular flexibility index (Phi) is 6.49. The molecule has 0 fully saturated rings. The van der Waals surface area contributed by atoms with Gasteiger partial charge in [-0.2, -0.15) is 0 Å². The largest absolute Gasteiger partial charge is 0.465 e. The highest BCUT2D eigenvalue weighted by atomic mass is 16.5. The zero-order valence-electron chi connectivity index (χ0n) is 13.8. The van der Waals surface area contributed by atoms with Crippen molar-refractivity contribution in [3.05, 3.63) is 54.0 Å². The number of anilines is 1. The molecule has 0 aliphatic carbocycles. The predicted molar refractivity (Wildman–Crippen MR) is 88.4 cm³/mol. The molecular formula is C17H16N2O7. The first-order valence-electron chi connectivity index (χ1n) is 7.45. The Balaban J connectivity index is 1.79. The van der Waals surface area contributed by atoms with Gasteiger partial charge in [-0.25, -0.2) is 4.79 Å². The van der Waals surface area contributed by atoms with Crippen molar-refractivity contribution in [3.8, 4) is 0 Å². The van der Waals surface area contributed by atoms with Gasteiger partial charge in [0.05, 0.1) is 24.6 Å². The number of rotatable bonds is 7. The Morgan fingerprint density at radius 1 is 1.08 bits per heavy atom. The van der Waals surface area contributed by atoms with Gasteiger partial charge in [0, 0.05) is 0 Å². The maximum Gasteiger partial charge on any atom is 0.339 e. The van der Waals surface area contributed by atoms with Crippen LogP contribution in [-0.2, 0) is 19.1 Å². The molecule has 0 atom stereocenters. The Labute approximate surface area is 148 Å². The first kappa shape index (κ1) is 18.7. The van der Waals surface area contributed by atoms with E-state index in [9.17, 15) is 19.2 Å². The van der Waals surface area contributed by atoms with Gasteiger partial charge in [-0.05, 0) is 24.3 Å². The van der Waals surface area contributed by atoms with Crippen molar-refractivity contribution in [2.24, 2.45) is 0 Å². The van der Waals surface area contributed by atoms with Gasteiger partial charge in [0.25, 0.3) is 11.8 Å². The number of amides is 2. The van der Waals surface area contributed by atoms with Gasteiger partial charge in [-0.1, -0.05) is 12.1 Å². The van der Waals surface area contributed by atoms with Crippen LogP contribution in [0.2, 0.25) is 0 Å². The molecule has 1 heterocycles. The Hall–Kier alpha value is -3.62. The molecule has 9 heteroatoms. The summed E-state index contributed by atoms with van der Waals surface area (Å²) in [5.41, 5.74) is 0.395. The SMILES string of the molecule is COC(=O)c1ccccc1NC(=O)COC(=O)CNC(=O)c1ccco1. The van der Waals surface area contributed by atoms with Crippen LogP contribution in [-0.4, -0.2) is 44.0 Å². The fraction of sp³-hybridized carbons (Fsp3) is 0.176. The summed E-state index contributed by atoms with van der Waals surface area (Å²) in [5, 5.41) is 4.74. The maximum atomic E-state index is 11.9. The number of carbonyl (C=O) groups excluding carboxylic acids is 4. The number of benzene rings is 1. The lowest BCUT2D eigenvalue weighted by Gasteiger charge is -2.10. The van der Waals surface area contributed by atoms with Crippen molar-refractivity contribution in [2.75, 3.05) is 25.6 Å². The van der Waals surface area contributed by atoms with Gasteiger partial charge in [-0.3, -0.25) is 14.4 Å². The molecule has 26 heavy (non-hydrogen) atoms. The summed E-state index contributed by atoms with van der Waals surface area (Å²) in [6, 6.07) is 9.20. The van der Waals surface area contributed by atoms with Gasteiger partial charge in [0.2, 0.25) is 0 Å². The number of para-hydroxylation sites is 1. The summed E-state index contributed by atoms with van der Waals surface area (Å²) in [6.07, 6.45) is 1.32. The average molecular weight is 360 g/mol. The van der Waals surface area contributed by atoms with Gasteiger partial charge in [0.15, 0.2) is 12.4 Å². The highest BCUT2D eigenvalue weighted by molar-refractivity contribution is 6.02. The Morgan fingerprint density at radius 3 is 2.54 bits per heavy atom. The number of furan rings is 1.